The second kappa shape index (κ2) is 9.10. The van der Waals surface area contributed by atoms with Crippen LogP contribution in [0.3, 0.4) is 0 Å². The van der Waals surface area contributed by atoms with Gasteiger partial charge in [-0.15, -0.1) is 0 Å². The Hall–Kier alpha value is -1.51. The van der Waals surface area contributed by atoms with Crippen LogP contribution in [0.25, 0.3) is 0 Å². The Kier molecular flexibility index (Phi) is 6.96. The molecule has 0 unspecified atom stereocenters. The maximum atomic E-state index is 12.5. The van der Waals surface area contributed by atoms with Gasteiger partial charge in [0, 0.05) is 18.0 Å². The van der Waals surface area contributed by atoms with Crippen molar-refractivity contribution in [2.24, 2.45) is 0 Å². The second-order valence-electron chi connectivity index (χ2n) is 7.48. The van der Waals surface area contributed by atoms with E-state index in [1.165, 1.54) is 49.2 Å². The third kappa shape index (κ3) is 5.35. The summed E-state index contributed by atoms with van der Waals surface area (Å²) >= 11 is 7.52. The first-order chi connectivity index (χ1) is 13.7. The molecule has 158 valence electrons. The predicted molar refractivity (Wildman–Crippen MR) is 118 cm³/mol. The molecule has 1 aliphatic carbocycles. The molecule has 1 aromatic heterocycles. The number of nitrogens with one attached hydrogen (secondary N) is 1. The molecule has 29 heavy (non-hydrogen) atoms. The van der Waals surface area contributed by atoms with Crippen molar-refractivity contribution in [2.75, 3.05) is 17.3 Å². The summed E-state index contributed by atoms with van der Waals surface area (Å²) < 4.78 is 25.8. The number of benzene rings is 1. The summed E-state index contributed by atoms with van der Waals surface area (Å²) in [6, 6.07) is 4.73. The Labute approximate surface area is 181 Å². The van der Waals surface area contributed by atoms with E-state index in [4.69, 9.17) is 11.6 Å². The molecule has 2 aromatic rings. The van der Waals surface area contributed by atoms with Crippen molar-refractivity contribution >= 4 is 44.8 Å². The molecule has 1 saturated carbocycles. The standard InChI is InChI=1S/C20H26ClN3O3S2/c1-13-14(2)24(15-7-5-4-6-8-15)20(22-13)28-12-19(25)23-18-11-16(29(3,26)27)9-10-17(18)21/h9-11,15H,4-8,12H2,1-3H3,(H,23,25). The maximum absolute atomic E-state index is 12.5. The number of hydrogen-bond acceptors (Lipinski definition) is 5. The zero-order valence-electron chi connectivity index (χ0n) is 16.9. The molecule has 3 rings (SSSR count). The van der Waals surface area contributed by atoms with Crippen molar-refractivity contribution in [3.63, 3.8) is 0 Å². The van der Waals surface area contributed by atoms with Gasteiger partial charge in [0.1, 0.15) is 0 Å². The van der Waals surface area contributed by atoms with Crippen molar-refractivity contribution in [2.45, 2.75) is 62.0 Å². The lowest BCUT2D eigenvalue weighted by Crippen LogP contribution is -2.17. The van der Waals surface area contributed by atoms with Crippen molar-refractivity contribution < 1.29 is 13.2 Å². The summed E-state index contributed by atoms with van der Waals surface area (Å²) in [5, 5.41) is 3.88. The van der Waals surface area contributed by atoms with E-state index in [1.807, 2.05) is 6.92 Å². The summed E-state index contributed by atoms with van der Waals surface area (Å²) in [5.74, 6) is -0.0850. The summed E-state index contributed by atoms with van der Waals surface area (Å²) in [5.41, 5.74) is 2.44. The smallest absolute Gasteiger partial charge is 0.234 e. The molecule has 1 amide bonds. The highest BCUT2D eigenvalue weighted by atomic mass is 35.5. The minimum Gasteiger partial charge on any atom is -0.324 e. The highest BCUT2D eigenvalue weighted by Crippen LogP contribution is 2.34. The molecule has 0 aliphatic heterocycles. The average molecular weight is 456 g/mol. The van der Waals surface area contributed by atoms with Gasteiger partial charge in [0.2, 0.25) is 5.91 Å². The van der Waals surface area contributed by atoms with Crippen LogP contribution in [0.2, 0.25) is 5.02 Å². The van der Waals surface area contributed by atoms with E-state index in [1.54, 1.807) is 0 Å². The fourth-order valence-corrected chi connectivity index (χ4v) is 5.39. The molecule has 9 heteroatoms. The van der Waals surface area contributed by atoms with Crippen molar-refractivity contribution in [3.05, 3.63) is 34.6 Å². The van der Waals surface area contributed by atoms with E-state index in [0.717, 1.165) is 35.6 Å². The number of nitrogens with zero attached hydrogens (tertiary/aromatic N) is 2. The largest absolute Gasteiger partial charge is 0.324 e. The highest BCUT2D eigenvalue weighted by Gasteiger charge is 2.22. The van der Waals surface area contributed by atoms with Gasteiger partial charge in [0.25, 0.3) is 0 Å². The molecule has 1 aliphatic rings. The third-order valence-corrected chi connectivity index (χ3v) is 7.66. The fourth-order valence-electron chi connectivity index (χ4n) is 3.61. The number of thioether (sulfide) groups is 1. The molecule has 1 fully saturated rings. The van der Waals surface area contributed by atoms with Crippen molar-refractivity contribution in [1.29, 1.82) is 0 Å². The summed E-state index contributed by atoms with van der Waals surface area (Å²) in [6.45, 7) is 4.08. The first kappa shape index (κ1) is 22.2. The third-order valence-electron chi connectivity index (χ3n) is 5.27. The van der Waals surface area contributed by atoms with Gasteiger partial charge >= 0.3 is 0 Å². The lowest BCUT2D eigenvalue weighted by atomic mass is 9.95. The van der Waals surface area contributed by atoms with Gasteiger partial charge in [-0.3, -0.25) is 4.79 Å². The number of carbonyl (C=O) groups excluding carboxylic acids is 1. The number of amides is 1. The van der Waals surface area contributed by atoms with E-state index >= 15 is 0 Å². The van der Waals surface area contributed by atoms with Crippen LogP contribution in [0.15, 0.2) is 28.3 Å². The van der Waals surface area contributed by atoms with Gasteiger partial charge in [-0.1, -0.05) is 42.6 Å². The van der Waals surface area contributed by atoms with Crippen LogP contribution in [0.4, 0.5) is 5.69 Å². The van der Waals surface area contributed by atoms with Crippen LogP contribution in [0.1, 0.15) is 49.5 Å². The molecule has 0 spiro atoms. The van der Waals surface area contributed by atoms with Gasteiger partial charge < -0.3 is 9.88 Å². The van der Waals surface area contributed by atoms with E-state index < -0.39 is 9.84 Å². The van der Waals surface area contributed by atoms with Crippen LogP contribution in [-0.4, -0.2) is 35.9 Å². The lowest BCUT2D eigenvalue weighted by Gasteiger charge is -2.26. The molecule has 0 bridgehead atoms. The number of aromatic nitrogens is 2. The topological polar surface area (TPSA) is 81.1 Å². The van der Waals surface area contributed by atoms with Crippen LogP contribution in [0, 0.1) is 13.8 Å². The molecule has 6 nitrogen and oxygen atoms in total. The molecule has 0 atom stereocenters. The normalized spacial score (nSPS) is 15.4. The molecular weight excluding hydrogens is 430 g/mol. The minimum absolute atomic E-state index is 0.115. The Morgan fingerprint density at radius 1 is 1.28 bits per heavy atom. The van der Waals surface area contributed by atoms with Gasteiger partial charge in [0.15, 0.2) is 15.0 Å². The van der Waals surface area contributed by atoms with E-state index in [-0.39, 0.29) is 16.6 Å². The van der Waals surface area contributed by atoms with E-state index in [2.05, 4.69) is 21.8 Å². The molecule has 1 N–H and O–H groups in total. The molecular formula is C20H26ClN3O3S2. The first-order valence-electron chi connectivity index (χ1n) is 9.64. The molecule has 0 saturated heterocycles. The highest BCUT2D eigenvalue weighted by molar-refractivity contribution is 7.99. The minimum atomic E-state index is -3.38. The zero-order chi connectivity index (χ0) is 21.2. The average Bonchev–Trinajstić information content (AvgIpc) is 2.95. The fraction of sp³-hybridized carbons (Fsp3) is 0.500. The number of sulfone groups is 1. The Balaban J connectivity index is 1.71. The Morgan fingerprint density at radius 2 is 1.97 bits per heavy atom. The summed E-state index contributed by atoms with van der Waals surface area (Å²) in [4.78, 5) is 17.3. The number of imidazole rings is 1. The zero-order valence-corrected chi connectivity index (χ0v) is 19.3. The molecule has 1 heterocycles. The summed E-state index contributed by atoms with van der Waals surface area (Å²) in [7, 11) is -3.38. The van der Waals surface area contributed by atoms with E-state index in [9.17, 15) is 13.2 Å². The number of anilines is 1. The first-order valence-corrected chi connectivity index (χ1v) is 12.9. The Morgan fingerprint density at radius 3 is 2.62 bits per heavy atom. The van der Waals surface area contributed by atoms with Crippen LogP contribution >= 0.6 is 23.4 Å². The number of aryl methyl sites for hydroxylation is 1. The maximum Gasteiger partial charge on any atom is 0.234 e. The summed E-state index contributed by atoms with van der Waals surface area (Å²) in [6.07, 6.45) is 7.13. The lowest BCUT2D eigenvalue weighted by molar-refractivity contribution is -0.113. The number of hydrogen-bond donors (Lipinski definition) is 1. The quantitative estimate of drug-likeness (QED) is 0.633. The van der Waals surface area contributed by atoms with Gasteiger partial charge in [0.05, 0.1) is 27.1 Å². The van der Waals surface area contributed by atoms with Crippen molar-refractivity contribution in [1.82, 2.24) is 9.55 Å². The van der Waals surface area contributed by atoms with Crippen molar-refractivity contribution in [3.8, 4) is 0 Å². The second-order valence-corrected chi connectivity index (χ2v) is 10.8. The van der Waals surface area contributed by atoms with Gasteiger partial charge in [-0.2, -0.15) is 0 Å². The monoisotopic (exact) mass is 455 g/mol. The SMILES string of the molecule is Cc1nc(SCC(=O)Nc2cc(S(C)(=O)=O)ccc2Cl)n(C2CCCCC2)c1C. The predicted octanol–water partition coefficient (Wildman–Crippen LogP) is 4.79. The van der Waals surface area contributed by atoms with Crippen LogP contribution in [0.5, 0.6) is 0 Å². The van der Waals surface area contributed by atoms with Gasteiger partial charge in [-0.05, 0) is 44.9 Å². The molecule has 1 aromatic carbocycles. The number of halogens is 1. The Bertz CT molecular complexity index is 1010. The van der Waals surface area contributed by atoms with Gasteiger partial charge in [-0.25, -0.2) is 13.4 Å². The van der Waals surface area contributed by atoms with Crippen LogP contribution < -0.4 is 5.32 Å². The number of carbonyl (C=O) groups is 1. The molecule has 0 radical (unpaired) electrons. The van der Waals surface area contributed by atoms with Crippen LogP contribution in [-0.2, 0) is 14.6 Å². The van der Waals surface area contributed by atoms with E-state index in [0.29, 0.717) is 16.8 Å². The number of rotatable bonds is 6.